The van der Waals surface area contributed by atoms with Crippen molar-refractivity contribution in [2.24, 2.45) is 5.92 Å². The highest BCUT2D eigenvalue weighted by Gasteiger charge is 2.28. The van der Waals surface area contributed by atoms with Crippen LogP contribution in [-0.2, 0) is 4.79 Å². The molecule has 0 aliphatic carbocycles. The highest BCUT2D eigenvalue weighted by atomic mass is 79.9. The van der Waals surface area contributed by atoms with E-state index in [-0.39, 0.29) is 36.4 Å². The van der Waals surface area contributed by atoms with Gasteiger partial charge in [0.1, 0.15) is 0 Å². The normalized spacial score (nSPS) is 22.0. The molecule has 124 valence electrons. The summed E-state index contributed by atoms with van der Waals surface area (Å²) in [5.41, 5.74) is 7.30. The van der Waals surface area contributed by atoms with Gasteiger partial charge < -0.3 is 10.6 Å². The molecule has 3 unspecified atom stereocenters. The lowest BCUT2D eigenvalue weighted by Crippen LogP contribution is -2.47. The maximum absolute atomic E-state index is 12.0. The van der Waals surface area contributed by atoms with Crippen LogP contribution in [0.5, 0.6) is 0 Å². The zero-order valence-electron chi connectivity index (χ0n) is 12.5. The van der Waals surface area contributed by atoms with Crippen LogP contribution in [0.1, 0.15) is 24.9 Å². The monoisotopic (exact) mass is 410 g/mol. The van der Waals surface area contributed by atoms with Crippen LogP contribution in [0, 0.1) is 5.92 Å². The van der Waals surface area contributed by atoms with E-state index in [9.17, 15) is 4.79 Å². The molecule has 1 aliphatic rings. The Labute approximate surface area is 150 Å². The van der Waals surface area contributed by atoms with E-state index >= 15 is 0 Å². The number of hydrazine groups is 1. The van der Waals surface area contributed by atoms with Crippen LogP contribution in [0.25, 0.3) is 0 Å². The summed E-state index contributed by atoms with van der Waals surface area (Å²) in [5.74, 6) is -0.0325. The topological polar surface area (TPSA) is 65.2 Å². The van der Waals surface area contributed by atoms with E-state index in [4.69, 9.17) is 11.6 Å². The maximum Gasteiger partial charge on any atom is 0.225 e. The summed E-state index contributed by atoms with van der Waals surface area (Å²) < 4.78 is 0.985. The largest absolute Gasteiger partial charge is 0.339 e. The molecular weight excluding hydrogens is 391 g/mol. The molecule has 1 amide bonds. The minimum atomic E-state index is -0.100. The average Bonchev–Trinajstić information content (AvgIpc) is 2.90. The minimum absolute atomic E-state index is 0. The molecule has 8 heteroatoms. The Bertz CT molecular complexity index is 518. The minimum Gasteiger partial charge on any atom is -0.339 e. The third-order valence-corrected chi connectivity index (χ3v) is 4.35. The Balaban J connectivity index is 0.00000242. The molecule has 0 saturated carbocycles. The van der Waals surface area contributed by atoms with Gasteiger partial charge in [0.05, 0.1) is 12.2 Å². The van der Waals surface area contributed by atoms with Gasteiger partial charge in [-0.25, -0.2) is 10.9 Å². The summed E-state index contributed by atoms with van der Waals surface area (Å²) in [5, 5.41) is 6.71. The Morgan fingerprint density at radius 2 is 2.23 bits per heavy atom. The van der Waals surface area contributed by atoms with E-state index in [1.165, 1.54) is 0 Å². The Hall–Kier alpha value is -0.370. The summed E-state index contributed by atoms with van der Waals surface area (Å²) in [4.78, 5) is 12.0. The third kappa shape index (κ3) is 5.08. The Morgan fingerprint density at radius 3 is 2.91 bits per heavy atom. The number of carbonyl (C=O) groups is 1. The second-order valence-corrected chi connectivity index (χ2v) is 6.59. The van der Waals surface area contributed by atoms with E-state index < -0.39 is 0 Å². The van der Waals surface area contributed by atoms with Gasteiger partial charge in [-0.15, -0.1) is 12.4 Å². The molecule has 0 bridgehead atoms. The Kier molecular flexibility index (Phi) is 8.10. The highest BCUT2D eigenvalue weighted by molar-refractivity contribution is 9.10. The maximum atomic E-state index is 12.0. The number of amides is 1. The van der Waals surface area contributed by atoms with Gasteiger partial charge in [-0.2, -0.15) is 0 Å². The molecule has 1 aromatic carbocycles. The molecule has 1 fully saturated rings. The SMILES string of the molecule is CNCC(C)C(=O)NC1CC(c2cc(Br)ccc2Cl)NN1.Cl. The molecule has 1 saturated heterocycles. The lowest BCUT2D eigenvalue weighted by molar-refractivity contribution is -0.125. The molecule has 3 atom stereocenters. The molecule has 1 aliphatic heterocycles. The molecule has 0 radical (unpaired) electrons. The quantitative estimate of drug-likeness (QED) is 0.600. The van der Waals surface area contributed by atoms with Crippen LogP contribution in [0.3, 0.4) is 0 Å². The third-order valence-electron chi connectivity index (χ3n) is 3.51. The first-order valence-corrected chi connectivity index (χ1v) is 8.09. The zero-order chi connectivity index (χ0) is 15.4. The molecule has 1 aromatic rings. The molecule has 0 spiro atoms. The van der Waals surface area contributed by atoms with Crippen molar-refractivity contribution >= 4 is 45.8 Å². The fourth-order valence-electron chi connectivity index (χ4n) is 2.35. The molecule has 22 heavy (non-hydrogen) atoms. The molecule has 0 aromatic heterocycles. The highest BCUT2D eigenvalue weighted by Crippen LogP contribution is 2.30. The lowest BCUT2D eigenvalue weighted by atomic mass is 10.0. The summed E-state index contributed by atoms with van der Waals surface area (Å²) in [6.07, 6.45) is 0.644. The second-order valence-electron chi connectivity index (χ2n) is 5.26. The number of halogens is 3. The van der Waals surface area contributed by atoms with E-state index in [0.29, 0.717) is 11.6 Å². The average molecular weight is 412 g/mol. The van der Waals surface area contributed by atoms with Crippen molar-refractivity contribution in [3.05, 3.63) is 33.3 Å². The second kappa shape index (κ2) is 9.05. The first kappa shape index (κ1) is 19.7. The smallest absolute Gasteiger partial charge is 0.225 e. The van der Waals surface area contributed by atoms with Gasteiger partial charge in [0, 0.05) is 28.4 Å². The lowest BCUT2D eigenvalue weighted by Gasteiger charge is -2.16. The number of hydrogen-bond donors (Lipinski definition) is 4. The van der Waals surface area contributed by atoms with Crippen molar-refractivity contribution in [3.8, 4) is 0 Å². The van der Waals surface area contributed by atoms with Gasteiger partial charge in [-0.1, -0.05) is 34.5 Å². The fraction of sp³-hybridized carbons (Fsp3) is 0.500. The standard InChI is InChI=1S/C14H20BrClN4O.ClH/c1-8(7-17-2)14(21)18-13-6-12(19-20-13)10-5-9(15)3-4-11(10)16;/h3-5,8,12-13,17,19-20H,6-7H2,1-2H3,(H,18,21);1H. The van der Waals surface area contributed by atoms with Gasteiger partial charge in [0.25, 0.3) is 0 Å². The van der Waals surface area contributed by atoms with Crippen LogP contribution in [0.4, 0.5) is 0 Å². The first-order chi connectivity index (χ1) is 10.0. The molecular formula is C14H21BrCl2N4O. The first-order valence-electron chi connectivity index (χ1n) is 6.92. The van der Waals surface area contributed by atoms with Gasteiger partial charge in [-0.05, 0) is 30.8 Å². The molecule has 1 heterocycles. The van der Waals surface area contributed by atoms with Gasteiger partial charge >= 0.3 is 0 Å². The summed E-state index contributed by atoms with van der Waals surface area (Å²) >= 11 is 9.69. The number of nitrogens with one attached hydrogen (secondary N) is 4. The summed E-state index contributed by atoms with van der Waals surface area (Å²) in [7, 11) is 1.84. The molecule has 2 rings (SSSR count). The van der Waals surface area contributed by atoms with Crippen LogP contribution >= 0.6 is 39.9 Å². The number of benzene rings is 1. The number of hydrogen-bond acceptors (Lipinski definition) is 4. The van der Waals surface area contributed by atoms with Gasteiger partial charge in [0.15, 0.2) is 0 Å². The predicted molar refractivity (Wildman–Crippen MR) is 95.1 cm³/mol. The molecule has 5 nitrogen and oxygen atoms in total. The van der Waals surface area contributed by atoms with E-state index in [1.807, 2.05) is 32.2 Å². The van der Waals surface area contributed by atoms with Crippen molar-refractivity contribution in [3.63, 3.8) is 0 Å². The van der Waals surface area contributed by atoms with Crippen molar-refractivity contribution in [1.82, 2.24) is 21.5 Å². The number of carbonyl (C=O) groups excluding carboxylic acids is 1. The van der Waals surface area contributed by atoms with Crippen LogP contribution in [0.2, 0.25) is 5.02 Å². The van der Waals surface area contributed by atoms with Crippen molar-refractivity contribution in [2.75, 3.05) is 13.6 Å². The van der Waals surface area contributed by atoms with Gasteiger partial charge in [0.2, 0.25) is 5.91 Å². The molecule has 4 N–H and O–H groups in total. The fourth-order valence-corrected chi connectivity index (χ4v) is 2.98. The van der Waals surface area contributed by atoms with Crippen molar-refractivity contribution in [1.29, 1.82) is 0 Å². The van der Waals surface area contributed by atoms with E-state index in [0.717, 1.165) is 16.5 Å². The van der Waals surface area contributed by atoms with Crippen molar-refractivity contribution < 1.29 is 4.79 Å². The van der Waals surface area contributed by atoms with Crippen LogP contribution < -0.4 is 21.5 Å². The zero-order valence-corrected chi connectivity index (χ0v) is 15.6. The van der Waals surface area contributed by atoms with Gasteiger partial charge in [-0.3, -0.25) is 4.79 Å². The van der Waals surface area contributed by atoms with Crippen LogP contribution in [-0.4, -0.2) is 25.7 Å². The van der Waals surface area contributed by atoms with E-state index in [1.54, 1.807) is 0 Å². The predicted octanol–water partition coefficient (Wildman–Crippen LogP) is 2.36. The summed E-state index contributed by atoms with van der Waals surface area (Å²) in [6, 6.07) is 5.84. The number of rotatable bonds is 5. The van der Waals surface area contributed by atoms with Crippen LogP contribution in [0.15, 0.2) is 22.7 Å². The van der Waals surface area contributed by atoms with E-state index in [2.05, 4.69) is 37.4 Å². The van der Waals surface area contributed by atoms with Crippen molar-refractivity contribution in [2.45, 2.75) is 25.6 Å². The Morgan fingerprint density at radius 1 is 1.50 bits per heavy atom. The summed E-state index contributed by atoms with van der Waals surface area (Å²) in [6.45, 7) is 2.56.